The standard InChI is InChI=1S/C18H23N3O6/c19-18(15-5-11-4-12(7-15)8-16(18)6-11)14-3-1-2-13(9-14)17(27-21(24)25)10-26-20(22)23/h1-3,9,11-12,15-17H,4-8,10,19H2. The zero-order chi connectivity index (χ0) is 19.2. The van der Waals surface area contributed by atoms with Crippen LogP contribution >= 0.6 is 0 Å². The Labute approximate surface area is 156 Å². The van der Waals surface area contributed by atoms with E-state index in [1.807, 2.05) is 6.07 Å². The van der Waals surface area contributed by atoms with Crippen LogP contribution in [-0.2, 0) is 15.2 Å². The van der Waals surface area contributed by atoms with E-state index in [-0.39, 0.29) is 0 Å². The van der Waals surface area contributed by atoms with Gasteiger partial charge in [-0.1, -0.05) is 24.3 Å². The van der Waals surface area contributed by atoms with Crippen LogP contribution in [0.25, 0.3) is 0 Å². The van der Waals surface area contributed by atoms with Crippen LogP contribution in [0.2, 0.25) is 0 Å². The summed E-state index contributed by atoms with van der Waals surface area (Å²) in [5, 5.41) is 19.4. The molecule has 0 spiro atoms. The molecule has 4 fully saturated rings. The zero-order valence-corrected chi connectivity index (χ0v) is 14.9. The number of hydrogen-bond donors (Lipinski definition) is 1. The van der Waals surface area contributed by atoms with Crippen LogP contribution in [0, 0.1) is 43.9 Å². The molecule has 0 saturated heterocycles. The summed E-state index contributed by atoms with van der Waals surface area (Å²) in [7, 11) is 0. The van der Waals surface area contributed by atoms with Crippen molar-refractivity contribution in [3.05, 3.63) is 55.6 Å². The summed E-state index contributed by atoms with van der Waals surface area (Å²) in [5.41, 5.74) is 7.94. The molecule has 0 heterocycles. The molecule has 27 heavy (non-hydrogen) atoms. The Morgan fingerprint density at radius 3 is 2.26 bits per heavy atom. The minimum absolute atomic E-state index is 0.411. The Morgan fingerprint density at radius 1 is 1.07 bits per heavy atom. The van der Waals surface area contributed by atoms with Gasteiger partial charge in [0.05, 0.1) is 0 Å². The summed E-state index contributed by atoms with van der Waals surface area (Å²) < 4.78 is 0. The first-order valence-electron chi connectivity index (χ1n) is 9.34. The molecule has 0 aromatic heterocycles. The molecule has 1 unspecified atom stereocenters. The second-order valence-electron chi connectivity index (χ2n) is 8.20. The van der Waals surface area contributed by atoms with Crippen LogP contribution in [0.5, 0.6) is 0 Å². The van der Waals surface area contributed by atoms with E-state index in [2.05, 4.69) is 9.68 Å². The third kappa shape index (κ3) is 3.20. The normalized spacial score (nSPS) is 34.9. The van der Waals surface area contributed by atoms with Crippen LogP contribution in [0.4, 0.5) is 0 Å². The van der Waals surface area contributed by atoms with Crippen molar-refractivity contribution in [3.63, 3.8) is 0 Å². The van der Waals surface area contributed by atoms with Crippen LogP contribution in [-0.4, -0.2) is 16.8 Å². The molecule has 4 aliphatic carbocycles. The van der Waals surface area contributed by atoms with E-state index in [1.54, 1.807) is 18.2 Å². The minimum atomic E-state index is -1.18. The largest absolute Gasteiger partial charge is 0.321 e. The van der Waals surface area contributed by atoms with Crippen molar-refractivity contribution in [1.82, 2.24) is 0 Å². The van der Waals surface area contributed by atoms with E-state index in [0.29, 0.717) is 17.4 Å². The van der Waals surface area contributed by atoms with Gasteiger partial charge in [0.1, 0.15) is 6.61 Å². The summed E-state index contributed by atoms with van der Waals surface area (Å²) in [6.07, 6.45) is 4.67. The Bertz CT molecular complexity index is 726. The third-order valence-electron chi connectivity index (χ3n) is 6.79. The lowest BCUT2D eigenvalue weighted by atomic mass is 9.47. The van der Waals surface area contributed by atoms with Crippen LogP contribution in [0.1, 0.15) is 49.3 Å². The maximum atomic E-state index is 10.8. The fourth-order valence-corrected chi connectivity index (χ4v) is 5.86. The number of hydrogen-bond acceptors (Lipinski definition) is 7. The maximum absolute atomic E-state index is 10.8. The number of nitrogens with two attached hydrogens (primary N) is 1. The Morgan fingerprint density at radius 2 is 1.70 bits per heavy atom. The first-order valence-corrected chi connectivity index (χ1v) is 9.34. The van der Waals surface area contributed by atoms with Crippen LogP contribution < -0.4 is 5.73 Å². The van der Waals surface area contributed by atoms with Crippen molar-refractivity contribution in [3.8, 4) is 0 Å². The second-order valence-corrected chi connectivity index (χ2v) is 8.20. The molecule has 146 valence electrons. The van der Waals surface area contributed by atoms with Gasteiger partial charge in [0.25, 0.3) is 10.2 Å². The average Bonchev–Trinajstić information content (AvgIpc) is 2.62. The zero-order valence-electron chi connectivity index (χ0n) is 14.9. The predicted molar refractivity (Wildman–Crippen MR) is 93.1 cm³/mol. The van der Waals surface area contributed by atoms with Crippen LogP contribution in [0.3, 0.4) is 0 Å². The van der Waals surface area contributed by atoms with Crippen molar-refractivity contribution in [2.45, 2.75) is 43.7 Å². The van der Waals surface area contributed by atoms with E-state index in [0.717, 1.165) is 43.1 Å². The van der Waals surface area contributed by atoms with Gasteiger partial charge in [-0.2, -0.15) is 0 Å². The monoisotopic (exact) mass is 377 g/mol. The highest BCUT2D eigenvalue weighted by molar-refractivity contribution is 5.34. The van der Waals surface area contributed by atoms with Gasteiger partial charge < -0.3 is 15.4 Å². The summed E-state index contributed by atoms with van der Waals surface area (Å²) in [4.78, 5) is 30.3. The molecule has 1 atom stereocenters. The lowest BCUT2D eigenvalue weighted by Gasteiger charge is -2.60. The fourth-order valence-electron chi connectivity index (χ4n) is 5.86. The smallest absolute Gasteiger partial charge is 0.295 e. The van der Waals surface area contributed by atoms with Gasteiger partial charge in [-0.3, -0.25) is 0 Å². The Hall–Kier alpha value is -2.42. The van der Waals surface area contributed by atoms with E-state index >= 15 is 0 Å². The summed E-state index contributed by atoms with van der Waals surface area (Å²) in [6.45, 7) is -0.550. The van der Waals surface area contributed by atoms with E-state index in [4.69, 9.17) is 5.73 Å². The number of benzene rings is 1. The van der Waals surface area contributed by atoms with Crippen molar-refractivity contribution in [1.29, 1.82) is 0 Å². The molecule has 2 N–H and O–H groups in total. The van der Waals surface area contributed by atoms with Crippen molar-refractivity contribution < 1.29 is 19.8 Å². The first kappa shape index (κ1) is 18.0. The van der Waals surface area contributed by atoms with Crippen molar-refractivity contribution in [2.24, 2.45) is 29.4 Å². The topological polar surface area (TPSA) is 131 Å². The van der Waals surface area contributed by atoms with Gasteiger partial charge >= 0.3 is 0 Å². The number of nitrogens with zero attached hydrogens (tertiary/aromatic N) is 2. The molecule has 1 aromatic carbocycles. The SMILES string of the molecule is NC1(c2cccc(C(CO[N+](=O)[O-])O[N+](=O)[O-])c2)C2CC3CC(C2)CC1C3. The molecule has 4 bridgehead atoms. The van der Waals surface area contributed by atoms with Crippen molar-refractivity contribution in [2.75, 3.05) is 6.61 Å². The molecule has 4 saturated carbocycles. The summed E-state index contributed by atoms with van der Waals surface area (Å²) >= 11 is 0. The minimum Gasteiger partial charge on any atom is -0.321 e. The molecular weight excluding hydrogens is 354 g/mol. The molecule has 4 aliphatic rings. The van der Waals surface area contributed by atoms with Gasteiger partial charge in [-0.05, 0) is 66.9 Å². The summed E-state index contributed by atoms with van der Waals surface area (Å²) in [5.74, 6) is 2.36. The van der Waals surface area contributed by atoms with Gasteiger partial charge in [-0.15, -0.1) is 20.2 Å². The van der Waals surface area contributed by atoms with Gasteiger partial charge in [0.2, 0.25) is 0 Å². The second kappa shape index (κ2) is 6.63. The highest BCUT2D eigenvalue weighted by Gasteiger charge is 2.56. The molecule has 0 amide bonds. The third-order valence-corrected chi connectivity index (χ3v) is 6.79. The van der Waals surface area contributed by atoms with Gasteiger partial charge in [-0.25, -0.2) is 0 Å². The van der Waals surface area contributed by atoms with Gasteiger partial charge in [0, 0.05) is 5.54 Å². The van der Waals surface area contributed by atoms with Crippen LogP contribution in [0.15, 0.2) is 24.3 Å². The van der Waals surface area contributed by atoms with Gasteiger partial charge in [0.15, 0.2) is 6.10 Å². The maximum Gasteiger partial charge on any atom is 0.295 e. The molecule has 0 aliphatic heterocycles. The Kier molecular flexibility index (Phi) is 4.41. The highest BCUT2D eigenvalue weighted by atomic mass is 17.0. The van der Waals surface area contributed by atoms with Crippen molar-refractivity contribution >= 4 is 0 Å². The predicted octanol–water partition coefficient (Wildman–Crippen LogP) is 2.75. The fraction of sp³-hybridized carbons (Fsp3) is 0.667. The lowest BCUT2D eigenvalue weighted by molar-refractivity contribution is -0.792. The molecular formula is C18H23N3O6. The highest BCUT2D eigenvalue weighted by Crippen LogP contribution is 2.60. The number of rotatable bonds is 7. The lowest BCUT2D eigenvalue weighted by Crippen LogP contribution is -2.60. The molecule has 9 heteroatoms. The van der Waals surface area contributed by atoms with E-state index in [9.17, 15) is 20.2 Å². The van der Waals surface area contributed by atoms with E-state index in [1.165, 1.54) is 6.42 Å². The average molecular weight is 377 g/mol. The quantitative estimate of drug-likeness (QED) is 0.571. The Balaban J connectivity index is 1.63. The summed E-state index contributed by atoms with van der Waals surface area (Å²) in [6, 6.07) is 7.20. The first-order chi connectivity index (χ1) is 12.9. The molecule has 1 aromatic rings. The van der Waals surface area contributed by atoms with E-state index < -0.39 is 28.4 Å². The molecule has 5 rings (SSSR count). The molecule has 9 nitrogen and oxygen atoms in total. The molecule has 0 radical (unpaired) electrons.